The summed E-state index contributed by atoms with van der Waals surface area (Å²) in [7, 11) is -2.93. The minimum absolute atomic E-state index is 0.102. The number of sulfone groups is 1. The summed E-state index contributed by atoms with van der Waals surface area (Å²) >= 11 is 0. The molecule has 0 saturated carbocycles. The molecule has 130 valence electrons. The minimum atomic E-state index is -2.93. The van der Waals surface area contributed by atoms with Crippen LogP contribution in [0.15, 0.2) is 18.3 Å². The normalized spacial score (nSPS) is 23.1. The monoisotopic (exact) mass is 352 g/mol. The van der Waals surface area contributed by atoms with Crippen LogP contribution < -0.4 is 5.32 Å². The van der Waals surface area contributed by atoms with Crippen LogP contribution in [0.25, 0.3) is 0 Å². The predicted molar refractivity (Wildman–Crippen MR) is 88.5 cm³/mol. The van der Waals surface area contributed by atoms with E-state index in [9.17, 15) is 18.0 Å². The third-order valence-electron chi connectivity index (χ3n) is 4.34. The van der Waals surface area contributed by atoms with Gasteiger partial charge in [0.25, 0.3) is 5.91 Å². The minimum Gasteiger partial charge on any atom is -0.380 e. The third kappa shape index (κ3) is 3.84. The zero-order valence-corrected chi connectivity index (χ0v) is 14.0. The summed E-state index contributed by atoms with van der Waals surface area (Å²) < 4.78 is 22.9. The van der Waals surface area contributed by atoms with Gasteiger partial charge in [-0.3, -0.25) is 9.59 Å². The van der Waals surface area contributed by atoms with E-state index in [1.807, 2.05) is 0 Å². The number of nitrogens with one attached hydrogen (secondary N) is 1. The molecule has 0 spiro atoms. The molecule has 0 aliphatic carbocycles. The summed E-state index contributed by atoms with van der Waals surface area (Å²) in [5.74, 6) is 0.186. The number of piperazine rings is 1. The van der Waals surface area contributed by atoms with E-state index in [2.05, 4.69) is 10.3 Å². The Hall–Kier alpha value is -2.16. The average Bonchev–Trinajstić information content (AvgIpc) is 2.93. The molecule has 1 unspecified atom stereocenters. The van der Waals surface area contributed by atoms with E-state index in [1.54, 1.807) is 28.1 Å². The summed E-state index contributed by atoms with van der Waals surface area (Å²) in [6, 6.07) is 3.28. The Kier molecular flexibility index (Phi) is 4.70. The molecule has 1 aromatic rings. The molecule has 2 fully saturated rings. The van der Waals surface area contributed by atoms with Gasteiger partial charge in [-0.2, -0.15) is 0 Å². The molecular formula is C15H20N4O4S. The molecule has 2 aliphatic heterocycles. The molecule has 0 aromatic carbocycles. The van der Waals surface area contributed by atoms with Crippen molar-refractivity contribution in [3.05, 3.63) is 24.0 Å². The molecule has 24 heavy (non-hydrogen) atoms. The lowest BCUT2D eigenvalue weighted by molar-refractivity contribution is -0.119. The number of hydrogen-bond acceptors (Lipinski definition) is 6. The van der Waals surface area contributed by atoms with Crippen LogP contribution in [0.3, 0.4) is 0 Å². The standard InChI is InChI=1S/C15H20N4O4S/c20-11-18-4-6-19(7-5-18)15(21)14-2-1-12(9-16-14)17-13-3-8-24(22,23)10-13/h1-2,9,11,13,17H,3-8,10H2. The summed E-state index contributed by atoms with van der Waals surface area (Å²) in [5, 5.41) is 3.14. The Bertz CT molecular complexity index is 711. The van der Waals surface area contributed by atoms with Crippen molar-refractivity contribution in [3.8, 4) is 0 Å². The first kappa shape index (κ1) is 16.7. The molecule has 9 heteroatoms. The van der Waals surface area contributed by atoms with E-state index in [0.717, 1.165) is 6.41 Å². The molecule has 0 radical (unpaired) electrons. The van der Waals surface area contributed by atoms with Crippen molar-refractivity contribution in [2.45, 2.75) is 12.5 Å². The average molecular weight is 352 g/mol. The van der Waals surface area contributed by atoms with Crippen molar-refractivity contribution in [2.75, 3.05) is 43.0 Å². The van der Waals surface area contributed by atoms with Gasteiger partial charge >= 0.3 is 0 Å². The van der Waals surface area contributed by atoms with Gasteiger partial charge in [-0.25, -0.2) is 13.4 Å². The first-order valence-corrected chi connectivity index (χ1v) is 9.70. The topological polar surface area (TPSA) is 99.7 Å². The molecule has 2 amide bonds. The van der Waals surface area contributed by atoms with Crippen molar-refractivity contribution >= 4 is 27.8 Å². The third-order valence-corrected chi connectivity index (χ3v) is 6.10. The van der Waals surface area contributed by atoms with E-state index >= 15 is 0 Å². The van der Waals surface area contributed by atoms with Gasteiger partial charge in [0, 0.05) is 32.2 Å². The first-order chi connectivity index (χ1) is 11.5. The molecule has 2 saturated heterocycles. The quantitative estimate of drug-likeness (QED) is 0.740. The van der Waals surface area contributed by atoms with Crippen molar-refractivity contribution in [1.82, 2.24) is 14.8 Å². The highest BCUT2D eigenvalue weighted by Crippen LogP contribution is 2.17. The lowest BCUT2D eigenvalue weighted by Gasteiger charge is -2.32. The van der Waals surface area contributed by atoms with Gasteiger partial charge in [-0.05, 0) is 18.6 Å². The van der Waals surface area contributed by atoms with Crippen LogP contribution in [0.1, 0.15) is 16.9 Å². The number of hydrogen-bond donors (Lipinski definition) is 1. The van der Waals surface area contributed by atoms with Gasteiger partial charge in [-0.1, -0.05) is 0 Å². The molecule has 3 rings (SSSR count). The molecule has 1 aromatic heterocycles. The summed E-state index contributed by atoms with van der Waals surface area (Å²) in [6.07, 6.45) is 2.94. The zero-order chi connectivity index (χ0) is 17.2. The number of pyridine rings is 1. The van der Waals surface area contributed by atoms with Crippen LogP contribution in [-0.4, -0.2) is 79.2 Å². The lowest BCUT2D eigenvalue weighted by atomic mass is 10.2. The Morgan fingerprint density at radius 1 is 1.25 bits per heavy atom. The Morgan fingerprint density at radius 3 is 2.54 bits per heavy atom. The van der Waals surface area contributed by atoms with E-state index in [4.69, 9.17) is 0 Å². The van der Waals surface area contributed by atoms with Gasteiger partial charge in [0.15, 0.2) is 9.84 Å². The number of nitrogens with zero attached hydrogens (tertiary/aromatic N) is 3. The fraction of sp³-hybridized carbons (Fsp3) is 0.533. The molecule has 1 N–H and O–H groups in total. The summed E-state index contributed by atoms with van der Waals surface area (Å²) in [5.41, 5.74) is 1.05. The second-order valence-electron chi connectivity index (χ2n) is 6.11. The van der Waals surface area contributed by atoms with Gasteiger partial charge < -0.3 is 15.1 Å². The highest BCUT2D eigenvalue weighted by atomic mass is 32.2. The van der Waals surface area contributed by atoms with Crippen LogP contribution in [0.5, 0.6) is 0 Å². The fourth-order valence-electron chi connectivity index (χ4n) is 2.94. The second-order valence-corrected chi connectivity index (χ2v) is 8.34. The van der Waals surface area contributed by atoms with Gasteiger partial charge in [-0.15, -0.1) is 0 Å². The lowest BCUT2D eigenvalue weighted by Crippen LogP contribution is -2.48. The SMILES string of the molecule is O=CN1CCN(C(=O)c2ccc(NC3CCS(=O)(=O)C3)cn2)CC1. The van der Waals surface area contributed by atoms with Crippen LogP contribution in [0, 0.1) is 0 Å². The maximum Gasteiger partial charge on any atom is 0.272 e. The second kappa shape index (κ2) is 6.76. The molecule has 2 aliphatic rings. The van der Waals surface area contributed by atoms with E-state index in [-0.39, 0.29) is 23.5 Å². The zero-order valence-electron chi connectivity index (χ0n) is 13.2. The van der Waals surface area contributed by atoms with Crippen molar-refractivity contribution in [2.24, 2.45) is 0 Å². The first-order valence-electron chi connectivity index (χ1n) is 7.88. The van der Waals surface area contributed by atoms with Crippen LogP contribution in [-0.2, 0) is 14.6 Å². The molecule has 3 heterocycles. The van der Waals surface area contributed by atoms with Gasteiger partial charge in [0.05, 0.1) is 23.4 Å². The van der Waals surface area contributed by atoms with E-state index in [0.29, 0.717) is 44.0 Å². The van der Waals surface area contributed by atoms with E-state index in [1.165, 1.54) is 0 Å². The smallest absolute Gasteiger partial charge is 0.272 e. The maximum absolute atomic E-state index is 12.4. The Balaban J connectivity index is 1.58. The highest BCUT2D eigenvalue weighted by Gasteiger charge is 2.28. The molecule has 1 atom stereocenters. The Labute approximate surface area is 140 Å². The van der Waals surface area contributed by atoms with Crippen LogP contribution >= 0.6 is 0 Å². The Morgan fingerprint density at radius 2 is 2.00 bits per heavy atom. The summed E-state index contributed by atoms with van der Waals surface area (Å²) in [4.78, 5) is 30.6. The number of anilines is 1. The molecule has 8 nitrogen and oxygen atoms in total. The highest BCUT2D eigenvalue weighted by molar-refractivity contribution is 7.91. The maximum atomic E-state index is 12.4. The van der Waals surface area contributed by atoms with Crippen molar-refractivity contribution in [1.29, 1.82) is 0 Å². The van der Waals surface area contributed by atoms with Crippen LogP contribution in [0.2, 0.25) is 0 Å². The van der Waals surface area contributed by atoms with Gasteiger partial charge in [0.2, 0.25) is 6.41 Å². The fourth-order valence-corrected chi connectivity index (χ4v) is 4.62. The number of carbonyl (C=O) groups is 2. The number of rotatable bonds is 4. The number of carbonyl (C=O) groups excluding carboxylic acids is 2. The summed E-state index contributed by atoms with van der Waals surface area (Å²) in [6.45, 7) is 2.06. The predicted octanol–water partition coefficient (Wildman–Crippen LogP) is -0.405. The molecule has 0 bridgehead atoms. The van der Waals surface area contributed by atoms with E-state index < -0.39 is 9.84 Å². The number of aromatic nitrogens is 1. The van der Waals surface area contributed by atoms with Crippen molar-refractivity contribution < 1.29 is 18.0 Å². The van der Waals surface area contributed by atoms with Crippen LogP contribution in [0.4, 0.5) is 5.69 Å². The largest absolute Gasteiger partial charge is 0.380 e. The van der Waals surface area contributed by atoms with Gasteiger partial charge in [0.1, 0.15) is 5.69 Å². The van der Waals surface area contributed by atoms with Crippen molar-refractivity contribution in [3.63, 3.8) is 0 Å². The molecular weight excluding hydrogens is 332 g/mol. The number of amides is 2.